The third kappa shape index (κ3) is 2.78. The molecule has 0 aliphatic carbocycles. The van der Waals surface area contributed by atoms with Gasteiger partial charge in [-0.05, 0) is 58.8 Å². The van der Waals surface area contributed by atoms with Crippen molar-refractivity contribution in [1.29, 1.82) is 0 Å². The van der Waals surface area contributed by atoms with Crippen molar-refractivity contribution < 1.29 is 9.90 Å². The van der Waals surface area contributed by atoms with Crippen molar-refractivity contribution in [3.63, 3.8) is 0 Å². The van der Waals surface area contributed by atoms with Gasteiger partial charge in [0.15, 0.2) is 0 Å². The molecule has 1 fully saturated rings. The first kappa shape index (κ1) is 14.4. The van der Waals surface area contributed by atoms with Crippen molar-refractivity contribution in [2.75, 3.05) is 18.0 Å². The van der Waals surface area contributed by atoms with E-state index in [0.29, 0.717) is 11.0 Å². The van der Waals surface area contributed by atoms with Gasteiger partial charge in [0.2, 0.25) is 0 Å². The van der Waals surface area contributed by atoms with E-state index in [1.807, 2.05) is 6.07 Å². The van der Waals surface area contributed by atoms with Crippen LogP contribution in [0.25, 0.3) is 0 Å². The minimum atomic E-state index is -0.884. The fourth-order valence-electron chi connectivity index (χ4n) is 2.86. The highest BCUT2D eigenvalue weighted by atomic mass is 79.9. The predicted octanol–water partition coefficient (Wildman–Crippen LogP) is 4.16. The summed E-state index contributed by atoms with van der Waals surface area (Å²) in [6, 6.07) is 5.28. The molecule has 3 nitrogen and oxygen atoms in total. The summed E-state index contributed by atoms with van der Waals surface area (Å²) in [4.78, 5) is 13.3. The lowest BCUT2D eigenvalue weighted by Crippen LogP contribution is -2.26. The second kappa shape index (κ2) is 5.53. The van der Waals surface area contributed by atoms with Gasteiger partial charge in [-0.15, -0.1) is 0 Å². The van der Waals surface area contributed by atoms with Gasteiger partial charge in [0.1, 0.15) is 0 Å². The maximum absolute atomic E-state index is 10.9. The van der Waals surface area contributed by atoms with Crippen molar-refractivity contribution >= 4 is 27.6 Å². The van der Waals surface area contributed by atoms with Crippen LogP contribution in [0.1, 0.15) is 43.5 Å². The summed E-state index contributed by atoms with van der Waals surface area (Å²) in [5, 5.41) is 8.99. The molecule has 104 valence electrons. The second-order valence-corrected chi connectivity index (χ2v) is 6.20. The average Bonchev–Trinajstić information content (AvgIpc) is 2.83. The van der Waals surface area contributed by atoms with Crippen LogP contribution in [0.15, 0.2) is 22.7 Å². The van der Waals surface area contributed by atoms with E-state index in [1.54, 1.807) is 12.1 Å². The highest BCUT2D eigenvalue weighted by molar-refractivity contribution is 9.10. The standard InChI is InChI=1S/C15H20BrNO2/c1-3-15(4-2)7-8-17(10-15)13-6-5-11(14(18)19)9-12(13)16/h5-6,9H,3-4,7-8,10H2,1-2H3,(H,18,19). The summed E-state index contributed by atoms with van der Waals surface area (Å²) in [6.45, 7) is 6.63. The zero-order valence-corrected chi connectivity index (χ0v) is 13.0. The molecule has 1 saturated heterocycles. The number of benzene rings is 1. The Labute approximate surface area is 122 Å². The molecule has 0 radical (unpaired) electrons. The Hall–Kier alpha value is -1.03. The van der Waals surface area contributed by atoms with Crippen LogP contribution in [0.3, 0.4) is 0 Å². The smallest absolute Gasteiger partial charge is 0.335 e. The van der Waals surface area contributed by atoms with Crippen LogP contribution in [-0.4, -0.2) is 24.2 Å². The molecule has 2 rings (SSSR count). The molecule has 1 N–H and O–H groups in total. The fourth-order valence-corrected chi connectivity index (χ4v) is 3.49. The molecule has 0 atom stereocenters. The number of hydrogen-bond donors (Lipinski definition) is 1. The first-order valence-electron chi connectivity index (χ1n) is 6.79. The van der Waals surface area contributed by atoms with E-state index in [0.717, 1.165) is 23.2 Å². The van der Waals surface area contributed by atoms with Gasteiger partial charge in [-0.3, -0.25) is 0 Å². The molecule has 1 aliphatic heterocycles. The van der Waals surface area contributed by atoms with Crippen LogP contribution in [0.2, 0.25) is 0 Å². The van der Waals surface area contributed by atoms with E-state index >= 15 is 0 Å². The summed E-state index contributed by atoms with van der Waals surface area (Å²) in [5.74, 6) is -0.884. The van der Waals surface area contributed by atoms with Crippen LogP contribution in [0.5, 0.6) is 0 Å². The molecule has 1 aromatic rings. The Morgan fingerprint density at radius 1 is 1.42 bits per heavy atom. The van der Waals surface area contributed by atoms with Gasteiger partial charge in [-0.2, -0.15) is 0 Å². The largest absolute Gasteiger partial charge is 0.478 e. The van der Waals surface area contributed by atoms with Gasteiger partial charge in [-0.1, -0.05) is 13.8 Å². The second-order valence-electron chi connectivity index (χ2n) is 5.35. The molecule has 0 spiro atoms. The van der Waals surface area contributed by atoms with Gasteiger partial charge in [0.05, 0.1) is 11.3 Å². The number of carboxylic acids is 1. The van der Waals surface area contributed by atoms with Crippen LogP contribution in [0, 0.1) is 5.41 Å². The Bertz CT molecular complexity index is 483. The number of carbonyl (C=O) groups is 1. The summed E-state index contributed by atoms with van der Waals surface area (Å²) >= 11 is 3.50. The summed E-state index contributed by atoms with van der Waals surface area (Å²) in [7, 11) is 0. The number of nitrogens with zero attached hydrogens (tertiary/aromatic N) is 1. The van der Waals surface area contributed by atoms with E-state index in [2.05, 4.69) is 34.7 Å². The number of carboxylic acid groups (broad SMARTS) is 1. The maximum atomic E-state index is 10.9. The lowest BCUT2D eigenvalue weighted by molar-refractivity contribution is 0.0697. The molecule has 4 heteroatoms. The van der Waals surface area contributed by atoms with E-state index in [4.69, 9.17) is 5.11 Å². The molecule has 0 bridgehead atoms. The third-order valence-corrected chi connectivity index (χ3v) is 5.11. The van der Waals surface area contributed by atoms with Gasteiger partial charge >= 0.3 is 5.97 Å². The van der Waals surface area contributed by atoms with Crippen molar-refractivity contribution in [3.8, 4) is 0 Å². The van der Waals surface area contributed by atoms with E-state index < -0.39 is 5.97 Å². The highest BCUT2D eigenvalue weighted by Crippen LogP contribution is 2.41. The number of rotatable bonds is 4. The Morgan fingerprint density at radius 3 is 2.58 bits per heavy atom. The first-order valence-corrected chi connectivity index (χ1v) is 7.58. The molecule has 0 aromatic heterocycles. The van der Waals surface area contributed by atoms with Crippen molar-refractivity contribution in [2.24, 2.45) is 5.41 Å². The zero-order chi connectivity index (χ0) is 14.0. The summed E-state index contributed by atoms with van der Waals surface area (Å²) in [6.07, 6.45) is 3.61. The monoisotopic (exact) mass is 325 g/mol. The van der Waals surface area contributed by atoms with Crippen LogP contribution < -0.4 is 4.90 Å². The molecule has 1 aliphatic rings. The molecule has 1 heterocycles. The molecule has 0 saturated carbocycles. The number of halogens is 1. The maximum Gasteiger partial charge on any atom is 0.335 e. The Balaban J connectivity index is 2.22. The average molecular weight is 326 g/mol. The molecule has 19 heavy (non-hydrogen) atoms. The molecule has 0 unspecified atom stereocenters. The Kier molecular flexibility index (Phi) is 4.19. The zero-order valence-electron chi connectivity index (χ0n) is 11.4. The quantitative estimate of drug-likeness (QED) is 0.903. The van der Waals surface area contributed by atoms with Crippen molar-refractivity contribution in [2.45, 2.75) is 33.1 Å². The predicted molar refractivity (Wildman–Crippen MR) is 80.9 cm³/mol. The minimum Gasteiger partial charge on any atom is -0.478 e. The molecule has 0 amide bonds. The van der Waals surface area contributed by atoms with Gasteiger partial charge in [0, 0.05) is 17.6 Å². The SMILES string of the molecule is CCC1(CC)CCN(c2ccc(C(=O)O)cc2Br)C1. The lowest BCUT2D eigenvalue weighted by atomic mass is 9.82. The normalized spacial score (nSPS) is 17.7. The number of anilines is 1. The van der Waals surface area contributed by atoms with Crippen molar-refractivity contribution in [3.05, 3.63) is 28.2 Å². The molecule has 1 aromatic carbocycles. The van der Waals surface area contributed by atoms with Crippen LogP contribution >= 0.6 is 15.9 Å². The Morgan fingerprint density at radius 2 is 2.11 bits per heavy atom. The van der Waals surface area contributed by atoms with Gasteiger partial charge < -0.3 is 10.0 Å². The van der Waals surface area contributed by atoms with E-state index in [9.17, 15) is 4.79 Å². The number of aromatic carboxylic acids is 1. The van der Waals surface area contributed by atoms with Crippen LogP contribution in [-0.2, 0) is 0 Å². The molecular formula is C15H20BrNO2. The number of hydrogen-bond acceptors (Lipinski definition) is 2. The first-order chi connectivity index (χ1) is 9.01. The van der Waals surface area contributed by atoms with E-state index in [1.165, 1.54) is 19.3 Å². The van der Waals surface area contributed by atoms with Gasteiger partial charge in [-0.25, -0.2) is 4.79 Å². The van der Waals surface area contributed by atoms with Gasteiger partial charge in [0.25, 0.3) is 0 Å². The van der Waals surface area contributed by atoms with Crippen molar-refractivity contribution in [1.82, 2.24) is 0 Å². The molecular weight excluding hydrogens is 306 g/mol. The minimum absolute atomic E-state index is 0.326. The highest BCUT2D eigenvalue weighted by Gasteiger charge is 2.35. The van der Waals surface area contributed by atoms with E-state index in [-0.39, 0.29) is 0 Å². The third-order valence-electron chi connectivity index (χ3n) is 4.47. The topological polar surface area (TPSA) is 40.5 Å². The fraction of sp³-hybridized carbons (Fsp3) is 0.533. The van der Waals surface area contributed by atoms with Crippen LogP contribution in [0.4, 0.5) is 5.69 Å². The summed E-state index contributed by atoms with van der Waals surface area (Å²) < 4.78 is 0.871. The summed E-state index contributed by atoms with van der Waals surface area (Å²) in [5.41, 5.74) is 1.85. The lowest BCUT2D eigenvalue weighted by Gasteiger charge is -2.27.